The Labute approximate surface area is 148 Å². The van der Waals surface area contributed by atoms with Crippen molar-refractivity contribution in [2.45, 2.75) is 43.6 Å². The minimum absolute atomic E-state index is 0.142. The van der Waals surface area contributed by atoms with E-state index in [4.69, 9.17) is 4.74 Å². The minimum Gasteiger partial charge on any atom is -0.375 e. The maximum Gasteiger partial charge on any atom is 0.191 e. The molecule has 4 nitrogen and oxygen atoms in total. The van der Waals surface area contributed by atoms with Crippen molar-refractivity contribution >= 4 is 17.7 Å². The number of thioether (sulfide) groups is 1. The van der Waals surface area contributed by atoms with Crippen molar-refractivity contribution in [2.75, 3.05) is 26.5 Å². The molecule has 6 heteroatoms. The van der Waals surface area contributed by atoms with E-state index in [0.29, 0.717) is 12.6 Å². The predicted molar refractivity (Wildman–Crippen MR) is 100 cm³/mol. The van der Waals surface area contributed by atoms with E-state index in [1.807, 2.05) is 11.8 Å². The molecule has 0 spiro atoms. The molecule has 0 saturated heterocycles. The molecule has 1 fully saturated rings. The van der Waals surface area contributed by atoms with Crippen LogP contribution >= 0.6 is 11.8 Å². The van der Waals surface area contributed by atoms with Gasteiger partial charge in [-0.15, -0.1) is 0 Å². The van der Waals surface area contributed by atoms with Crippen LogP contribution in [0.1, 0.15) is 37.9 Å². The molecule has 1 aliphatic rings. The van der Waals surface area contributed by atoms with Crippen molar-refractivity contribution < 1.29 is 9.13 Å². The van der Waals surface area contributed by atoms with Crippen LogP contribution in [0.2, 0.25) is 0 Å². The zero-order valence-electron chi connectivity index (χ0n) is 14.7. The Kier molecular flexibility index (Phi) is 7.85. The van der Waals surface area contributed by atoms with E-state index in [9.17, 15) is 4.39 Å². The third kappa shape index (κ3) is 5.67. The first-order valence-electron chi connectivity index (χ1n) is 8.53. The van der Waals surface area contributed by atoms with Crippen LogP contribution < -0.4 is 10.6 Å². The average molecular weight is 354 g/mol. The van der Waals surface area contributed by atoms with E-state index in [1.165, 1.54) is 37.1 Å². The van der Waals surface area contributed by atoms with Crippen LogP contribution in [0.15, 0.2) is 29.3 Å². The molecule has 1 aromatic carbocycles. The lowest BCUT2D eigenvalue weighted by Crippen LogP contribution is -2.44. The van der Waals surface area contributed by atoms with Gasteiger partial charge in [-0.25, -0.2) is 4.39 Å². The molecule has 0 amide bonds. The van der Waals surface area contributed by atoms with E-state index in [-0.39, 0.29) is 11.9 Å². The summed E-state index contributed by atoms with van der Waals surface area (Å²) < 4.78 is 18.6. The number of guanidine groups is 1. The molecule has 3 atom stereocenters. The molecule has 134 valence electrons. The summed E-state index contributed by atoms with van der Waals surface area (Å²) >= 11 is 2.05. The number of halogens is 1. The van der Waals surface area contributed by atoms with Crippen molar-refractivity contribution in [3.63, 3.8) is 0 Å². The molecule has 0 heterocycles. The summed E-state index contributed by atoms with van der Waals surface area (Å²) in [5.74, 6) is 1.74. The summed E-state index contributed by atoms with van der Waals surface area (Å²) in [7, 11) is 3.44. The fourth-order valence-corrected chi connectivity index (χ4v) is 4.19. The lowest BCUT2D eigenvalue weighted by atomic mass is 10.1. The molecule has 0 bridgehead atoms. The molecule has 3 unspecified atom stereocenters. The molecule has 1 saturated carbocycles. The van der Waals surface area contributed by atoms with Gasteiger partial charge in [0.2, 0.25) is 0 Å². The Hall–Kier alpha value is -1.27. The smallest absolute Gasteiger partial charge is 0.191 e. The van der Waals surface area contributed by atoms with Gasteiger partial charge in [0.1, 0.15) is 5.82 Å². The van der Waals surface area contributed by atoms with Crippen LogP contribution in [0.3, 0.4) is 0 Å². The summed E-state index contributed by atoms with van der Waals surface area (Å²) in [6.45, 7) is 2.80. The van der Waals surface area contributed by atoms with E-state index >= 15 is 0 Å². The second-order valence-electron chi connectivity index (χ2n) is 5.96. The summed E-state index contributed by atoms with van der Waals surface area (Å²) in [5, 5.41) is 7.59. The van der Waals surface area contributed by atoms with Crippen LogP contribution in [0, 0.1) is 5.82 Å². The van der Waals surface area contributed by atoms with Crippen molar-refractivity contribution in [3.05, 3.63) is 35.6 Å². The number of hydrogen-bond acceptors (Lipinski definition) is 3. The second-order valence-corrected chi connectivity index (χ2v) is 7.54. The first-order chi connectivity index (χ1) is 11.7. The number of nitrogens with zero attached hydrogens (tertiary/aromatic N) is 1. The van der Waals surface area contributed by atoms with Gasteiger partial charge in [-0.05, 0) is 42.7 Å². The van der Waals surface area contributed by atoms with E-state index in [2.05, 4.69) is 22.5 Å². The normalized spacial score (nSPS) is 22.4. The molecular weight excluding hydrogens is 325 g/mol. The van der Waals surface area contributed by atoms with Crippen LogP contribution in [0.5, 0.6) is 0 Å². The molecule has 1 aliphatic carbocycles. The Bertz CT molecular complexity index is 524. The van der Waals surface area contributed by atoms with Gasteiger partial charge < -0.3 is 15.4 Å². The molecule has 0 radical (unpaired) electrons. The highest BCUT2D eigenvalue weighted by Crippen LogP contribution is 2.29. The first kappa shape index (κ1) is 19.1. The second kappa shape index (κ2) is 9.89. The van der Waals surface area contributed by atoms with Crippen LogP contribution in [0.25, 0.3) is 0 Å². The zero-order valence-corrected chi connectivity index (χ0v) is 15.5. The van der Waals surface area contributed by atoms with Crippen LogP contribution in [-0.4, -0.2) is 43.7 Å². The third-order valence-corrected chi connectivity index (χ3v) is 5.57. The van der Waals surface area contributed by atoms with Gasteiger partial charge in [-0.1, -0.05) is 19.1 Å². The van der Waals surface area contributed by atoms with Crippen molar-refractivity contribution in [1.82, 2.24) is 10.6 Å². The zero-order chi connectivity index (χ0) is 17.4. The van der Waals surface area contributed by atoms with Crippen LogP contribution in [0.4, 0.5) is 4.39 Å². The summed E-state index contributed by atoms with van der Waals surface area (Å²) in [6, 6.07) is 6.90. The number of benzene rings is 1. The number of aliphatic imine (C=N–C) groups is 1. The number of methoxy groups -OCH3 is 1. The maximum atomic E-state index is 13.0. The Morgan fingerprint density at radius 1 is 1.38 bits per heavy atom. The highest BCUT2D eigenvalue weighted by molar-refractivity contribution is 7.99. The molecule has 1 aromatic rings. The topological polar surface area (TPSA) is 45.7 Å². The van der Waals surface area contributed by atoms with E-state index in [0.717, 1.165) is 16.8 Å². The lowest BCUT2D eigenvalue weighted by molar-refractivity contribution is 0.106. The van der Waals surface area contributed by atoms with Crippen molar-refractivity contribution in [3.8, 4) is 0 Å². The quantitative estimate of drug-likeness (QED) is 0.583. The van der Waals surface area contributed by atoms with E-state index < -0.39 is 0 Å². The van der Waals surface area contributed by atoms with Gasteiger partial charge in [0.05, 0.1) is 6.10 Å². The Morgan fingerprint density at radius 2 is 2.12 bits per heavy atom. The number of rotatable bonds is 7. The predicted octanol–water partition coefficient (Wildman–Crippen LogP) is 3.35. The SMILES string of the molecule is CCSC1CCC(NC(=NC)NCC(OC)c2ccc(F)cc2)C1. The summed E-state index contributed by atoms with van der Waals surface area (Å²) in [6.07, 6.45) is 3.49. The number of nitrogens with one attached hydrogen (secondary N) is 2. The van der Waals surface area contributed by atoms with Gasteiger partial charge in [-0.2, -0.15) is 11.8 Å². The fraction of sp³-hybridized carbons (Fsp3) is 0.611. The largest absolute Gasteiger partial charge is 0.375 e. The highest BCUT2D eigenvalue weighted by atomic mass is 32.2. The summed E-state index contributed by atoms with van der Waals surface area (Å²) in [4.78, 5) is 4.31. The Balaban J connectivity index is 1.83. The van der Waals surface area contributed by atoms with Gasteiger partial charge in [0.15, 0.2) is 5.96 Å². The monoisotopic (exact) mass is 353 g/mol. The molecule has 0 aliphatic heterocycles. The van der Waals surface area contributed by atoms with Crippen LogP contribution in [-0.2, 0) is 4.74 Å². The van der Waals surface area contributed by atoms with E-state index in [1.54, 1.807) is 26.3 Å². The lowest BCUT2D eigenvalue weighted by Gasteiger charge is -2.21. The minimum atomic E-state index is -0.236. The van der Waals surface area contributed by atoms with Gasteiger partial charge in [0, 0.05) is 32.0 Å². The summed E-state index contributed by atoms with van der Waals surface area (Å²) in [5.41, 5.74) is 0.946. The highest BCUT2D eigenvalue weighted by Gasteiger charge is 2.25. The van der Waals surface area contributed by atoms with Crippen molar-refractivity contribution in [2.24, 2.45) is 4.99 Å². The molecule has 0 aromatic heterocycles. The molecule has 2 rings (SSSR count). The first-order valence-corrected chi connectivity index (χ1v) is 9.58. The Morgan fingerprint density at radius 3 is 2.75 bits per heavy atom. The third-order valence-electron chi connectivity index (χ3n) is 4.33. The van der Waals surface area contributed by atoms with Crippen molar-refractivity contribution in [1.29, 1.82) is 0 Å². The molecule has 2 N–H and O–H groups in total. The van der Waals surface area contributed by atoms with Gasteiger partial charge in [0.25, 0.3) is 0 Å². The fourth-order valence-electron chi connectivity index (χ4n) is 3.05. The standard InChI is InChI=1S/C18H28FN3OS/c1-4-24-16-10-9-15(11-16)22-18(20-2)21-12-17(23-3)13-5-7-14(19)8-6-13/h5-8,15-17H,4,9-12H2,1-3H3,(H2,20,21,22). The number of ether oxygens (including phenoxy) is 1. The molecule has 24 heavy (non-hydrogen) atoms. The molecular formula is C18H28FN3OS. The number of hydrogen-bond donors (Lipinski definition) is 2. The maximum absolute atomic E-state index is 13.0. The van der Waals surface area contributed by atoms with Gasteiger partial charge in [-0.3, -0.25) is 4.99 Å². The van der Waals surface area contributed by atoms with Gasteiger partial charge >= 0.3 is 0 Å². The average Bonchev–Trinajstić information content (AvgIpc) is 3.03.